The molecule has 0 unspecified atom stereocenters. The molecule has 2 fully saturated rings. The Morgan fingerprint density at radius 3 is 2.43 bits per heavy atom. The molecule has 4 rings (SSSR count). The Hall–Kier alpha value is -3.06. The Balaban J connectivity index is 1.67. The standard InChI is InChI=1S/C23H22FN3O2S/c1-14-5-7-17(11-15(14)2)27-22(29)18(21(28)25-23(27)30)12-16-6-8-20(19(24)13-16)26-9-3-4-10-26/h5-8,11-13H,3-4,9-10H2,1-2H3,(H,25,28,30)/b18-12+. The van der Waals surface area contributed by atoms with Crippen LogP contribution in [0.1, 0.15) is 29.5 Å². The highest BCUT2D eigenvalue weighted by Crippen LogP contribution is 2.27. The molecule has 1 N–H and O–H groups in total. The SMILES string of the molecule is Cc1ccc(N2C(=O)/C(=C/c3ccc(N4CCCC4)c(F)c3)C(=O)NC2=S)cc1C. The molecule has 2 aromatic carbocycles. The fourth-order valence-corrected chi connectivity index (χ4v) is 4.03. The third-order valence-electron chi connectivity index (χ3n) is 5.58. The average molecular weight is 424 g/mol. The molecule has 2 amide bonds. The van der Waals surface area contributed by atoms with Gasteiger partial charge >= 0.3 is 0 Å². The Morgan fingerprint density at radius 1 is 1.03 bits per heavy atom. The van der Waals surface area contributed by atoms with Crippen LogP contribution >= 0.6 is 12.2 Å². The van der Waals surface area contributed by atoms with E-state index in [1.807, 2.05) is 30.9 Å². The minimum absolute atomic E-state index is 0.0287. The molecule has 0 spiro atoms. The third-order valence-corrected chi connectivity index (χ3v) is 5.86. The van der Waals surface area contributed by atoms with Crippen LogP contribution in [-0.4, -0.2) is 30.0 Å². The number of aryl methyl sites for hydroxylation is 2. The van der Waals surface area contributed by atoms with Crippen LogP contribution in [0.5, 0.6) is 0 Å². The van der Waals surface area contributed by atoms with Gasteiger partial charge in [-0.2, -0.15) is 0 Å². The van der Waals surface area contributed by atoms with Crippen molar-refractivity contribution in [3.63, 3.8) is 0 Å². The van der Waals surface area contributed by atoms with Crippen molar-refractivity contribution < 1.29 is 14.0 Å². The van der Waals surface area contributed by atoms with Crippen molar-refractivity contribution in [2.75, 3.05) is 22.9 Å². The number of amides is 2. The van der Waals surface area contributed by atoms with Crippen molar-refractivity contribution in [1.82, 2.24) is 5.32 Å². The summed E-state index contributed by atoms with van der Waals surface area (Å²) in [5.74, 6) is -1.48. The van der Waals surface area contributed by atoms with Gasteiger partial charge in [0.1, 0.15) is 11.4 Å². The van der Waals surface area contributed by atoms with Crippen LogP contribution in [0.3, 0.4) is 0 Å². The molecule has 2 aliphatic heterocycles. The molecule has 2 heterocycles. The molecule has 2 saturated heterocycles. The number of halogens is 1. The zero-order chi connectivity index (χ0) is 21.4. The normalized spacial score (nSPS) is 18.4. The fraction of sp³-hybridized carbons (Fsp3) is 0.261. The van der Waals surface area contributed by atoms with Crippen LogP contribution < -0.4 is 15.1 Å². The van der Waals surface area contributed by atoms with E-state index in [9.17, 15) is 14.0 Å². The van der Waals surface area contributed by atoms with E-state index < -0.39 is 11.8 Å². The second kappa shape index (κ2) is 7.99. The predicted molar refractivity (Wildman–Crippen MR) is 120 cm³/mol. The Kier molecular flexibility index (Phi) is 5.39. The zero-order valence-corrected chi connectivity index (χ0v) is 17.7. The van der Waals surface area contributed by atoms with Gasteiger partial charge in [-0.15, -0.1) is 0 Å². The molecule has 5 nitrogen and oxygen atoms in total. The second-order valence-corrected chi connectivity index (χ2v) is 8.02. The molecule has 7 heteroatoms. The molecule has 30 heavy (non-hydrogen) atoms. The van der Waals surface area contributed by atoms with Crippen LogP contribution in [0.25, 0.3) is 6.08 Å². The highest BCUT2D eigenvalue weighted by Gasteiger charge is 2.34. The van der Waals surface area contributed by atoms with Crippen LogP contribution in [-0.2, 0) is 9.59 Å². The first-order chi connectivity index (χ1) is 14.3. The largest absolute Gasteiger partial charge is 0.369 e. The van der Waals surface area contributed by atoms with Crippen molar-refractivity contribution in [3.8, 4) is 0 Å². The van der Waals surface area contributed by atoms with Crippen LogP contribution in [0.2, 0.25) is 0 Å². The minimum Gasteiger partial charge on any atom is -0.369 e. The van der Waals surface area contributed by atoms with Gasteiger partial charge in [0.15, 0.2) is 5.11 Å². The molecule has 0 aromatic heterocycles. The monoisotopic (exact) mass is 423 g/mol. The van der Waals surface area contributed by atoms with Gasteiger partial charge in [0.2, 0.25) is 0 Å². The predicted octanol–water partition coefficient (Wildman–Crippen LogP) is 3.87. The number of nitrogens with zero attached hydrogens (tertiary/aromatic N) is 2. The summed E-state index contributed by atoms with van der Waals surface area (Å²) >= 11 is 5.24. The van der Waals surface area contributed by atoms with Crippen molar-refractivity contribution >= 4 is 46.6 Å². The number of benzene rings is 2. The van der Waals surface area contributed by atoms with Gasteiger partial charge in [-0.25, -0.2) is 4.39 Å². The topological polar surface area (TPSA) is 52.7 Å². The van der Waals surface area contributed by atoms with Crippen molar-refractivity contribution in [3.05, 3.63) is 64.5 Å². The summed E-state index contributed by atoms with van der Waals surface area (Å²) < 4.78 is 14.6. The Labute approximate surface area is 180 Å². The molecule has 154 valence electrons. The maximum atomic E-state index is 14.6. The van der Waals surface area contributed by atoms with E-state index in [-0.39, 0.29) is 16.5 Å². The lowest BCUT2D eigenvalue weighted by Crippen LogP contribution is -2.54. The van der Waals surface area contributed by atoms with Gasteiger partial charge in [-0.05, 0) is 85.9 Å². The van der Waals surface area contributed by atoms with Crippen molar-refractivity contribution in [2.45, 2.75) is 26.7 Å². The summed E-state index contributed by atoms with van der Waals surface area (Å²) in [6.07, 6.45) is 3.51. The number of thiocarbonyl (C=S) groups is 1. The van der Waals surface area contributed by atoms with Crippen LogP contribution in [0.4, 0.5) is 15.8 Å². The highest BCUT2D eigenvalue weighted by molar-refractivity contribution is 7.80. The maximum Gasteiger partial charge on any atom is 0.270 e. The van der Waals surface area contributed by atoms with E-state index in [0.717, 1.165) is 37.1 Å². The molecular weight excluding hydrogens is 401 g/mol. The van der Waals surface area contributed by atoms with Gasteiger partial charge in [-0.3, -0.25) is 19.8 Å². The summed E-state index contributed by atoms with van der Waals surface area (Å²) in [6, 6.07) is 10.3. The van der Waals surface area contributed by atoms with Crippen LogP contribution in [0, 0.1) is 19.7 Å². The van der Waals surface area contributed by atoms with E-state index >= 15 is 0 Å². The lowest BCUT2D eigenvalue weighted by Gasteiger charge is -2.29. The second-order valence-electron chi connectivity index (χ2n) is 7.63. The third kappa shape index (κ3) is 3.73. The first kappa shape index (κ1) is 20.2. The average Bonchev–Trinajstić information content (AvgIpc) is 3.22. The maximum absolute atomic E-state index is 14.6. The molecule has 0 saturated carbocycles. The van der Waals surface area contributed by atoms with Gasteiger partial charge in [0.25, 0.3) is 11.8 Å². The number of carbonyl (C=O) groups excluding carboxylic acids is 2. The molecule has 0 aliphatic carbocycles. The summed E-state index contributed by atoms with van der Waals surface area (Å²) in [4.78, 5) is 28.9. The van der Waals surface area contributed by atoms with Crippen LogP contribution in [0.15, 0.2) is 42.0 Å². The van der Waals surface area contributed by atoms with Gasteiger partial charge in [0.05, 0.1) is 11.4 Å². The summed E-state index contributed by atoms with van der Waals surface area (Å²) in [5, 5.41) is 2.59. The summed E-state index contributed by atoms with van der Waals surface area (Å²) in [5.41, 5.74) is 3.58. The molecule has 2 aromatic rings. The van der Waals surface area contributed by atoms with Gasteiger partial charge in [0, 0.05) is 13.1 Å². The quantitative estimate of drug-likeness (QED) is 0.463. The molecule has 0 atom stereocenters. The van der Waals surface area contributed by atoms with E-state index in [1.54, 1.807) is 18.2 Å². The lowest BCUT2D eigenvalue weighted by molar-refractivity contribution is -0.122. The Bertz CT molecular complexity index is 1090. The zero-order valence-electron chi connectivity index (χ0n) is 16.9. The molecular formula is C23H22FN3O2S. The van der Waals surface area contributed by atoms with E-state index in [1.165, 1.54) is 17.0 Å². The van der Waals surface area contributed by atoms with Gasteiger partial charge < -0.3 is 4.90 Å². The number of hydrogen-bond acceptors (Lipinski definition) is 4. The summed E-state index contributed by atoms with van der Waals surface area (Å²) in [7, 11) is 0. The lowest BCUT2D eigenvalue weighted by atomic mass is 10.0. The molecule has 0 bridgehead atoms. The summed E-state index contributed by atoms with van der Waals surface area (Å²) in [6.45, 7) is 5.58. The van der Waals surface area contributed by atoms with Crippen molar-refractivity contribution in [1.29, 1.82) is 0 Å². The van der Waals surface area contributed by atoms with E-state index in [4.69, 9.17) is 12.2 Å². The highest BCUT2D eigenvalue weighted by atomic mass is 32.1. The first-order valence-corrected chi connectivity index (χ1v) is 10.3. The number of hydrogen-bond donors (Lipinski definition) is 1. The number of carbonyl (C=O) groups is 2. The minimum atomic E-state index is -0.589. The number of rotatable bonds is 3. The van der Waals surface area contributed by atoms with E-state index in [0.29, 0.717) is 16.9 Å². The van der Waals surface area contributed by atoms with Gasteiger partial charge in [-0.1, -0.05) is 12.1 Å². The molecule has 0 radical (unpaired) electrons. The number of nitrogens with one attached hydrogen (secondary N) is 1. The van der Waals surface area contributed by atoms with Crippen molar-refractivity contribution in [2.24, 2.45) is 0 Å². The molecule has 2 aliphatic rings. The van der Waals surface area contributed by atoms with E-state index in [2.05, 4.69) is 5.32 Å². The first-order valence-electron chi connectivity index (χ1n) is 9.88. The number of anilines is 2. The Morgan fingerprint density at radius 2 is 1.77 bits per heavy atom. The smallest absolute Gasteiger partial charge is 0.270 e. The fourth-order valence-electron chi connectivity index (χ4n) is 3.75.